The van der Waals surface area contributed by atoms with Crippen LogP contribution < -0.4 is 10.6 Å². The van der Waals surface area contributed by atoms with Gasteiger partial charge in [0.25, 0.3) is 11.6 Å². The first-order valence-corrected chi connectivity index (χ1v) is 5.85. The van der Waals surface area contributed by atoms with Crippen molar-refractivity contribution in [1.82, 2.24) is 5.16 Å². The zero-order valence-corrected chi connectivity index (χ0v) is 10.6. The number of carbonyl (C=O) groups is 1. The molecule has 0 saturated heterocycles. The van der Waals surface area contributed by atoms with Crippen LogP contribution in [0.1, 0.15) is 17.3 Å². The number of benzene rings is 1. The molecule has 0 unspecified atom stereocenters. The number of hydrogen-bond acceptors (Lipinski definition) is 6. The van der Waals surface area contributed by atoms with Crippen molar-refractivity contribution in [2.75, 3.05) is 17.2 Å². The van der Waals surface area contributed by atoms with Gasteiger partial charge in [-0.1, -0.05) is 5.16 Å². The molecule has 0 aliphatic carbocycles. The first kappa shape index (κ1) is 13.5. The molecule has 104 valence electrons. The highest BCUT2D eigenvalue weighted by Crippen LogP contribution is 2.25. The van der Waals surface area contributed by atoms with Crippen molar-refractivity contribution in [3.05, 3.63) is 46.3 Å². The molecule has 0 saturated carbocycles. The molecular weight excluding hydrogens is 264 g/mol. The molecule has 8 nitrogen and oxygen atoms in total. The zero-order chi connectivity index (χ0) is 14.5. The summed E-state index contributed by atoms with van der Waals surface area (Å²) >= 11 is 0. The maximum Gasteiger partial charge on any atom is 0.293 e. The van der Waals surface area contributed by atoms with Crippen LogP contribution in [0.3, 0.4) is 0 Å². The number of nitrogens with zero attached hydrogens (tertiary/aromatic N) is 2. The van der Waals surface area contributed by atoms with Gasteiger partial charge in [-0.25, -0.2) is 0 Å². The van der Waals surface area contributed by atoms with Crippen molar-refractivity contribution in [2.45, 2.75) is 6.92 Å². The van der Waals surface area contributed by atoms with Gasteiger partial charge in [-0.2, -0.15) is 0 Å². The van der Waals surface area contributed by atoms with Crippen LogP contribution in [0, 0.1) is 10.1 Å². The van der Waals surface area contributed by atoms with E-state index in [4.69, 9.17) is 0 Å². The molecule has 0 spiro atoms. The van der Waals surface area contributed by atoms with Gasteiger partial charge in [-0.3, -0.25) is 14.9 Å². The number of anilines is 2. The molecule has 1 aromatic carbocycles. The number of carbonyl (C=O) groups excluding carboxylic acids is 1. The van der Waals surface area contributed by atoms with Crippen molar-refractivity contribution in [1.29, 1.82) is 0 Å². The van der Waals surface area contributed by atoms with Crippen molar-refractivity contribution in [3.63, 3.8) is 0 Å². The van der Waals surface area contributed by atoms with E-state index in [1.54, 1.807) is 0 Å². The lowest BCUT2D eigenvalue weighted by Gasteiger charge is -2.06. The third-order valence-electron chi connectivity index (χ3n) is 2.51. The van der Waals surface area contributed by atoms with E-state index in [0.717, 1.165) is 0 Å². The average Bonchev–Trinajstić information content (AvgIpc) is 2.92. The summed E-state index contributed by atoms with van der Waals surface area (Å²) < 4.78 is 4.58. The largest absolute Gasteiger partial charge is 0.380 e. The Morgan fingerprint density at radius 1 is 1.50 bits per heavy atom. The third kappa shape index (κ3) is 2.91. The van der Waals surface area contributed by atoms with Crippen LogP contribution in [0.4, 0.5) is 17.1 Å². The van der Waals surface area contributed by atoms with Crippen LogP contribution in [-0.2, 0) is 0 Å². The summed E-state index contributed by atoms with van der Waals surface area (Å²) in [7, 11) is 0. The second kappa shape index (κ2) is 5.83. The number of nitro benzene ring substituents is 1. The predicted molar refractivity (Wildman–Crippen MR) is 71.7 cm³/mol. The summed E-state index contributed by atoms with van der Waals surface area (Å²) in [5, 5.41) is 19.8. The van der Waals surface area contributed by atoms with Gasteiger partial charge < -0.3 is 15.2 Å². The molecule has 0 aliphatic rings. The molecule has 8 heteroatoms. The number of rotatable bonds is 5. The molecule has 1 amide bonds. The van der Waals surface area contributed by atoms with Crippen LogP contribution in [-0.4, -0.2) is 22.5 Å². The molecule has 0 radical (unpaired) electrons. The van der Waals surface area contributed by atoms with Gasteiger partial charge in [-0.05, 0) is 19.1 Å². The summed E-state index contributed by atoms with van der Waals surface area (Å²) in [4.78, 5) is 22.4. The van der Waals surface area contributed by atoms with E-state index in [0.29, 0.717) is 17.9 Å². The lowest BCUT2D eigenvalue weighted by atomic mass is 10.1. The van der Waals surface area contributed by atoms with Crippen LogP contribution in [0.2, 0.25) is 0 Å². The number of aromatic nitrogens is 1. The molecule has 0 bridgehead atoms. The van der Waals surface area contributed by atoms with Crippen molar-refractivity contribution < 1.29 is 14.2 Å². The van der Waals surface area contributed by atoms with Crippen LogP contribution in [0.5, 0.6) is 0 Å². The van der Waals surface area contributed by atoms with Crippen LogP contribution >= 0.6 is 0 Å². The lowest BCUT2D eigenvalue weighted by Crippen LogP contribution is -2.12. The van der Waals surface area contributed by atoms with Crippen molar-refractivity contribution >= 4 is 23.0 Å². The number of nitro groups is 1. The van der Waals surface area contributed by atoms with Crippen molar-refractivity contribution in [3.8, 4) is 0 Å². The summed E-state index contributed by atoms with van der Waals surface area (Å²) in [6, 6.07) is 4.23. The highest BCUT2D eigenvalue weighted by atomic mass is 16.6. The van der Waals surface area contributed by atoms with Crippen molar-refractivity contribution in [2.24, 2.45) is 0 Å². The fourth-order valence-electron chi connectivity index (χ4n) is 1.63. The Kier molecular flexibility index (Phi) is 3.94. The van der Waals surface area contributed by atoms with E-state index >= 15 is 0 Å². The van der Waals surface area contributed by atoms with Gasteiger partial charge in [-0.15, -0.1) is 0 Å². The minimum atomic E-state index is -0.534. The van der Waals surface area contributed by atoms with E-state index in [1.807, 2.05) is 6.92 Å². The van der Waals surface area contributed by atoms with E-state index in [1.165, 1.54) is 30.7 Å². The van der Waals surface area contributed by atoms with Crippen LogP contribution in [0.25, 0.3) is 0 Å². The summed E-state index contributed by atoms with van der Waals surface area (Å²) in [6.07, 6.45) is 2.60. The molecule has 1 aromatic heterocycles. The maximum atomic E-state index is 11.9. The fraction of sp³-hybridized carbons (Fsp3) is 0.167. The quantitative estimate of drug-likeness (QED) is 0.640. The zero-order valence-electron chi connectivity index (χ0n) is 10.6. The SMILES string of the molecule is CCNc1ccc(C(=O)Nc2cnoc2)cc1[N+](=O)[O-]. The Morgan fingerprint density at radius 3 is 2.90 bits per heavy atom. The van der Waals surface area contributed by atoms with E-state index in [-0.39, 0.29) is 11.3 Å². The van der Waals surface area contributed by atoms with E-state index in [2.05, 4.69) is 20.3 Å². The fourth-order valence-corrected chi connectivity index (χ4v) is 1.63. The van der Waals surface area contributed by atoms with Gasteiger partial charge in [0.15, 0.2) is 0 Å². The van der Waals surface area contributed by atoms with Gasteiger partial charge in [0.1, 0.15) is 17.6 Å². The first-order chi connectivity index (χ1) is 9.61. The Morgan fingerprint density at radius 2 is 2.30 bits per heavy atom. The molecule has 2 aromatic rings. The molecule has 20 heavy (non-hydrogen) atoms. The maximum absolute atomic E-state index is 11.9. The molecule has 0 atom stereocenters. The lowest BCUT2D eigenvalue weighted by molar-refractivity contribution is -0.384. The Bertz CT molecular complexity index is 624. The molecule has 1 heterocycles. The topological polar surface area (TPSA) is 110 Å². The Hall–Kier alpha value is -2.90. The number of amides is 1. The standard InChI is InChI=1S/C12H12N4O4/c1-2-13-10-4-3-8(5-11(10)16(18)19)12(17)15-9-6-14-20-7-9/h3-7,13H,2H2,1H3,(H,15,17). The number of hydrogen-bond donors (Lipinski definition) is 2. The second-order valence-corrected chi connectivity index (χ2v) is 3.89. The highest BCUT2D eigenvalue weighted by Gasteiger charge is 2.17. The van der Waals surface area contributed by atoms with E-state index < -0.39 is 10.8 Å². The third-order valence-corrected chi connectivity index (χ3v) is 2.51. The normalized spacial score (nSPS) is 10.1. The monoisotopic (exact) mass is 276 g/mol. The Balaban J connectivity index is 2.26. The molecular formula is C12H12N4O4. The summed E-state index contributed by atoms with van der Waals surface area (Å²) in [6.45, 7) is 2.38. The molecule has 2 N–H and O–H groups in total. The van der Waals surface area contributed by atoms with Gasteiger partial charge in [0.2, 0.25) is 0 Å². The molecule has 0 fully saturated rings. The minimum absolute atomic E-state index is 0.148. The summed E-state index contributed by atoms with van der Waals surface area (Å²) in [5.41, 5.74) is 0.789. The number of nitrogens with one attached hydrogen (secondary N) is 2. The predicted octanol–water partition coefficient (Wildman–Crippen LogP) is 2.27. The Labute approximate surface area is 113 Å². The summed E-state index contributed by atoms with van der Waals surface area (Å²) in [5.74, 6) is -0.473. The smallest absolute Gasteiger partial charge is 0.293 e. The average molecular weight is 276 g/mol. The van der Waals surface area contributed by atoms with E-state index in [9.17, 15) is 14.9 Å². The van der Waals surface area contributed by atoms with Gasteiger partial charge in [0, 0.05) is 18.2 Å². The van der Waals surface area contributed by atoms with Gasteiger partial charge in [0.05, 0.1) is 11.1 Å². The minimum Gasteiger partial charge on any atom is -0.380 e. The molecule has 2 rings (SSSR count). The second-order valence-electron chi connectivity index (χ2n) is 3.89. The first-order valence-electron chi connectivity index (χ1n) is 5.85. The van der Waals surface area contributed by atoms with Crippen LogP contribution in [0.15, 0.2) is 35.2 Å². The van der Waals surface area contributed by atoms with Gasteiger partial charge >= 0.3 is 0 Å². The molecule has 0 aliphatic heterocycles. The highest BCUT2D eigenvalue weighted by molar-refractivity contribution is 6.04.